The predicted octanol–water partition coefficient (Wildman–Crippen LogP) is 3.58. The van der Waals surface area contributed by atoms with E-state index in [0.29, 0.717) is 23.9 Å². The van der Waals surface area contributed by atoms with Crippen molar-refractivity contribution in [3.63, 3.8) is 0 Å². The molecule has 1 aromatic carbocycles. The van der Waals surface area contributed by atoms with Crippen LogP contribution in [-0.4, -0.2) is 42.5 Å². The summed E-state index contributed by atoms with van der Waals surface area (Å²) < 4.78 is 0. The first-order valence-electron chi connectivity index (χ1n) is 11.1. The second-order valence-electron chi connectivity index (χ2n) is 9.26. The van der Waals surface area contributed by atoms with Crippen LogP contribution < -0.4 is 11.1 Å². The lowest BCUT2D eigenvalue weighted by atomic mass is 9.60. The van der Waals surface area contributed by atoms with Gasteiger partial charge in [0.2, 0.25) is 5.91 Å². The highest BCUT2D eigenvalue weighted by Gasteiger charge is 2.49. The van der Waals surface area contributed by atoms with E-state index >= 15 is 0 Å². The van der Waals surface area contributed by atoms with Gasteiger partial charge in [0.15, 0.2) is 0 Å². The van der Waals surface area contributed by atoms with Crippen molar-refractivity contribution in [2.45, 2.75) is 64.0 Å². The van der Waals surface area contributed by atoms with Gasteiger partial charge in [-0.15, -0.1) is 0 Å². The minimum Gasteiger partial charge on any atom is -0.370 e. The Morgan fingerprint density at radius 1 is 1.25 bits per heavy atom. The molecular weight excluding hydrogens is 346 g/mol. The number of piperidine rings is 1. The van der Waals surface area contributed by atoms with Crippen LogP contribution in [0.3, 0.4) is 0 Å². The number of nitrogens with zero attached hydrogens (tertiary/aromatic N) is 1. The van der Waals surface area contributed by atoms with Crippen LogP contribution in [0.15, 0.2) is 35.9 Å². The molecule has 2 saturated carbocycles. The smallest absolute Gasteiger partial charge is 0.218 e. The molecule has 2 atom stereocenters. The average Bonchev–Trinajstić information content (AvgIpc) is 3.44. The molecule has 0 radical (unpaired) electrons. The zero-order valence-electron chi connectivity index (χ0n) is 17.2. The number of primary amides is 1. The molecule has 0 unspecified atom stereocenters. The Kier molecular flexibility index (Phi) is 5.88. The fraction of sp³-hybridized carbons (Fsp3) is 0.625. The van der Waals surface area contributed by atoms with Gasteiger partial charge < -0.3 is 16.0 Å². The lowest BCUT2D eigenvalue weighted by Gasteiger charge is -2.52. The zero-order chi connectivity index (χ0) is 19.6. The molecule has 1 heterocycles. The third-order valence-electron chi connectivity index (χ3n) is 7.23. The van der Waals surface area contributed by atoms with Crippen molar-refractivity contribution in [2.24, 2.45) is 17.1 Å². The molecule has 2 aliphatic carbocycles. The quantitative estimate of drug-likeness (QED) is 0.724. The molecular formula is C24H35N3O. The van der Waals surface area contributed by atoms with Gasteiger partial charge in [0.05, 0.1) is 0 Å². The van der Waals surface area contributed by atoms with E-state index in [4.69, 9.17) is 5.73 Å². The second kappa shape index (κ2) is 8.38. The summed E-state index contributed by atoms with van der Waals surface area (Å²) in [6.07, 6.45) is 10.6. The molecule has 4 rings (SSSR count). The van der Waals surface area contributed by atoms with E-state index in [0.717, 1.165) is 32.0 Å². The Morgan fingerprint density at radius 2 is 1.96 bits per heavy atom. The minimum absolute atomic E-state index is 0.181. The van der Waals surface area contributed by atoms with Crippen molar-refractivity contribution in [2.75, 3.05) is 19.6 Å². The Morgan fingerprint density at radius 3 is 2.61 bits per heavy atom. The molecule has 3 N–H and O–H groups in total. The Labute approximate surface area is 169 Å². The van der Waals surface area contributed by atoms with E-state index in [1.54, 1.807) is 5.57 Å². The fourth-order valence-corrected chi connectivity index (χ4v) is 5.36. The number of hydrogen-bond donors (Lipinski definition) is 2. The molecule has 4 nitrogen and oxygen atoms in total. The molecule has 4 heteroatoms. The van der Waals surface area contributed by atoms with E-state index < -0.39 is 0 Å². The second-order valence-corrected chi connectivity index (χ2v) is 9.26. The van der Waals surface area contributed by atoms with Crippen LogP contribution in [-0.2, 0) is 4.79 Å². The third-order valence-corrected chi connectivity index (χ3v) is 7.23. The summed E-state index contributed by atoms with van der Waals surface area (Å²) in [6, 6.07) is 12.1. The highest BCUT2D eigenvalue weighted by atomic mass is 16.1. The Balaban J connectivity index is 1.20. The van der Waals surface area contributed by atoms with Gasteiger partial charge >= 0.3 is 0 Å². The lowest BCUT2D eigenvalue weighted by molar-refractivity contribution is -0.118. The van der Waals surface area contributed by atoms with Gasteiger partial charge in [0.25, 0.3) is 0 Å². The van der Waals surface area contributed by atoms with Gasteiger partial charge in [0.1, 0.15) is 0 Å². The van der Waals surface area contributed by atoms with Crippen molar-refractivity contribution in [3.05, 3.63) is 41.5 Å². The summed E-state index contributed by atoms with van der Waals surface area (Å²) in [5, 5.41) is 3.95. The normalized spacial score (nSPS) is 27.5. The SMILES string of the molecule is CC/C(=C\c1ccccc1)[C@@H]1C[C@H]1NC1CC2(CCN(CCC(N)=O)CC2)C1. The lowest BCUT2D eigenvalue weighted by Crippen LogP contribution is -2.54. The number of rotatable bonds is 8. The molecule has 1 aromatic rings. The molecule has 3 fully saturated rings. The number of carbonyl (C=O) groups excluding carboxylic acids is 1. The van der Waals surface area contributed by atoms with Gasteiger partial charge in [-0.1, -0.05) is 48.9 Å². The molecule has 28 heavy (non-hydrogen) atoms. The van der Waals surface area contributed by atoms with Crippen LogP contribution in [0.5, 0.6) is 0 Å². The molecule has 1 aliphatic heterocycles. The Hall–Kier alpha value is -1.65. The maximum absolute atomic E-state index is 11.0. The molecule has 0 bridgehead atoms. The summed E-state index contributed by atoms with van der Waals surface area (Å²) in [4.78, 5) is 13.4. The zero-order valence-corrected chi connectivity index (χ0v) is 17.2. The topological polar surface area (TPSA) is 58.4 Å². The number of hydrogen-bond acceptors (Lipinski definition) is 3. The van der Waals surface area contributed by atoms with Crippen molar-refractivity contribution in [1.29, 1.82) is 0 Å². The largest absolute Gasteiger partial charge is 0.370 e. The van der Waals surface area contributed by atoms with Gasteiger partial charge in [-0.3, -0.25) is 4.79 Å². The van der Waals surface area contributed by atoms with Crippen LogP contribution in [0.25, 0.3) is 6.08 Å². The number of nitrogens with two attached hydrogens (primary N) is 1. The van der Waals surface area contributed by atoms with Gasteiger partial charge in [-0.05, 0) is 68.5 Å². The summed E-state index contributed by atoms with van der Waals surface area (Å²) in [5.41, 5.74) is 8.77. The van der Waals surface area contributed by atoms with E-state index in [9.17, 15) is 4.79 Å². The molecule has 3 aliphatic rings. The first-order chi connectivity index (χ1) is 13.6. The van der Waals surface area contributed by atoms with E-state index in [-0.39, 0.29) is 5.91 Å². The van der Waals surface area contributed by atoms with Crippen molar-refractivity contribution < 1.29 is 4.79 Å². The summed E-state index contributed by atoms with van der Waals surface area (Å²) >= 11 is 0. The molecule has 1 amide bonds. The number of carbonyl (C=O) groups is 1. The standard InChI is InChI=1S/C24H35N3O/c1-2-19(14-18-6-4-3-5-7-18)21-15-22(21)26-20-16-24(17-20)9-12-27(13-10-24)11-8-23(25)28/h3-7,14,20-22,26H,2,8-13,15-17H2,1H3,(H2,25,28)/b19-14+/t21-,22+/m0/s1. The summed E-state index contributed by atoms with van der Waals surface area (Å²) in [5.74, 6) is 0.553. The summed E-state index contributed by atoms with van der Waals surface area (Å²) in [6.45, 7) is 5.39. The third kappa shape index (κ3) is 4.66. The maximum atomic E-state index is 11.0. The number of amides is 1. The number of nitrogens with one attached hydrogen (secondary N) is 1. The van der Waals surface area contributed by atoms with Crippen LogP contribution in [0.1, 0.15) is 57.4 Å². The first kappa shape index (κ1) is 19.7. The van der Waals surface area contributed by atoms with Crippen LogP contribution >= 0.6 is 0 Å². The monoisotopic (exact) mass is 381 g/mol. The average molecular weight is 382 g/mol. The van der Waals surface area contributed by atoms with E-state index in [2.05, 4.69) is 53.5 Å². The molecule has 1 spiro atoms. The van der Waals surface area contributed by atoms with Crippen molar-refractivity contribution >= 4 is 12.0 Å². The molecule has 1 saturated heterocycles. The van der Waals surface area contributed by atoms with Crippen molar-refractivity contribution in [1.82, 2.24) is 10.2 Å². The van der Waals surface area contributed by atoms with E-state index in [1.165, 1.54) is 37.7 Å². The number of benzene rings is 1. The minimum atomic E-state index is -0.181. The van der Waals surface area contributed by atoms with Crippen LogP contribution in [0, 0.1) is 11.3 Å². The van der Waals surface area contributed by atoms with Gasteiger partial charge in [-0.2, -0.15) is 0 Å². The first-order valence-corrected chi connectivity index (χ1v) is 11.1. The number of likely N-dealkylation sites (tertiary alicyclic amines) is 1. The van der Waals surface area contributed by atoms with Crippen LogP contribution in [0.4, 0.5) is 0 Å². The predicted molar refractivity (Wildman–Crippen MR) is 115 cm³/mol. The maximum Gasteiger partial charge on any atom is 0.218 e. The fourth-order valence-electron chi connectivity index (χ4n) is 5.36. The highest BCUT2D eigenvalue weighted by Crippen LogP contribution is 2.50. The van der Waals surface area contributed by atoms with E-state index in [1.807, 2.05) is 0 Å². The Bertz CT molecular complexity index is 698. The van der Waals surface area contributed by atoms with Gasteiger partial charge in [-0.25, -0.2) is 0 Å². The summed E-state index contributed by atoms with van der Waals surface area (Å²) in [7, 11) is 0. The highest BCUT2D eigenvalue weighted by molar-refractivity contribution is 5.73. The van der Waals surface area contributed by atoms with Crippen LogP contribution in [0.2, 0.25) is 0 Å². The molecule has 0 aromatic heterocycles. The van der Waals surface area contributed by atoms with Gasteiger partial charge in [0, 0.05) is 25.0 Å². The molecule has 152 valence electrons. The van der Waals surface area contributed by atoms with Crippen molar-refractivity contribution in [3.8, 4) is 0 Å².